The molecule has 1 aromatic carbocycles. The minimum atomic E-state index is -0.487. The van der Waals surface area contributed by atoms with Crippen molar-refractivity contribution >= 4 is 17.7 Å². The van der Waals surface area contributed by atoms with Gasteiger partial charge >= 0.3 is 12.1 Å². The highest BCUT2D eigenvalue weighted by Gasteiger charge is 2.09. The van der Waals surface area contributed by atoms with E-state index in [1.54, 1.807) is 52.0 Å². The number of anilines is 1. The molecule has 1 aromatic rings. The number of rotatable bonds is 5. The van der Waals surface area contributed by atoms with Crippen molar-refractivity contribution in [3.63, 3.8) is 0 Å². The standard InChI is InChI=1S/C15H21NO4/c1-10(2)14(17)19-9-12-5-7-13(8-6-12)16-15(18)20-11(3)4/h5-8,10-11H,9H2,1-4H3,(H,16,18). The van der Waals surface area contributed by atoms with E-state index in [1.807, 2.05) is 0 Å². The van der Waals surface area contributed by atoms with Gasteiger partial charge in [-0.2, -0.15) is 0 Å². The quantitative estimate of drug-likeness (QED) is 0.839. The lowest BCUT2D eigenvalue weighted by Crippen LogP contribution is -2.17. The molecule has 0 unspecified atom stereocenters. The van der Waals surface area contributed by atoms with Crippen LogP contribution in [0, 0.1) is 5.92 Å². The lowest BCUT2D eigenvalue weighted by molar-refractivity contribution is -0.148. The summed E-state index contributed by atoms with van der Waals surface area (Å²) in [5, 5.41) is 2.61. The molecular formula is C15H21NO4. The third-order valence-corrected chi connectivity index (χ3v) is 2.40. The van der Waals surface area contributed by atoms with Crippen molar-refractivity contribution in [2.45, 2.75) is 40.4 Å². The topological polar surface area (TPSA) is 64.6 Å². The first-order chi connectivity index (χ1) is 9.38. The van der Waals surface area contributed by atoms with Crippen LogP contribution in [0.25, 0.3) is 0 Å². The molecule has 110 valence electrons. The van der Waals surface area contributed by atoms with Crippen LogP contribution < -0.4 is 5.32 Å². The van der Waals surface area contributed by atoms with E-state index in [2.05, 4.69) is 5.32 Å². The van der Waals surface area contributed by atoms with Crippen molar-refractivity contribution < 1.29 is 19.1 Å². The Morgan fingerprint density at radius 2 is 1.70 bits per heavy atom. The molecule has 0 aliphatic heterocycles. The fourth-order valence-electron chi connectivity index (χ4n) is 1.37. The van der Waals surface area contributed by atoms with Gasteiger partial charge in [-0.1, -0.05) is 26.0 Å². The van der Waals surface area contributed by atoms with E-state index in [0.717, 1.165) is 5.56 Å². The summed E-state index contributed by atoms with van der Waals surface area (Å²) in [6, 6.07) is 7.05. The van der Waals surface area contributed by atoms with Gasteiger partial charge in [0.15, 0.2) is 0 Å². The van der Waals surface area contributed by atoms with Crippen molar-refractivity contribution in [2.75, 3.05) is 5.32 Å². The van der Waals surface area contributed by atoms with Crippen molar-refractivity contribution in [3.05, 3.63) is 29.8 Å². The van der Waals surface area contributed by atoms with Crippen LogP contribution in [0.5, 0.6) is 0 Å². The van der Waals surface area contributed by atoms with Gasteiger partial charge in [-0.3, -0.25) is 10.1 Å². The molecule has 0 saturated carbocycles. The van der Waals surface area contributed by atoms with Gasteiger partial charge in [0.2, 0.25) is 0 Å². The monoisotopic (exact) mass is 279 g/mol. The molecule has 0 saturated heterocycles. The smallest absolute Gasteiger partial charge is 0.411 e. The Labute approximate surface area is 119 Å². The van der Waals surface area contributed by atoms with Crippen LogP contribution in [-0.2, 0) is 20.9 Å². The van der Waals surface area contributed by atoms with E-state index >= 15 is 0 Å². The Hall–Kier alpha value is -2.04. The normalized spacial score (nSPS) is 10.5. The second-order valence-electron chi connectivity index (χ2n) is 5.04. The molecule has 0 fully saturated rings. The Morgan fingerprint density at radius 1 is 1.10 bits per heavy atom. The molecule has 0 aliphatic rings. The summed E-state index contributed by atoms with van der Waals surface area (Å²) in [6.45, 7) is 7.37. The third-order valence-electron chi connectivity index (χ3n) is 2.40. The Bertz CT molecular complexity index is 451. The lowest BCUT2D eigenvalue weighted by Gasteiger charge is -2.10. The number of carbonyl (C=O) groups excluding carboxylic acids is 2. The fourth-order valence-corrected chi connectivity index (χ4v) is 1.37. The van der Waals surface area contributed by atoms with E-state index < -0.39 is 6.09 Å². The first-order valence-electron chi connectivity index (χ1n) is 6.61. The maximum absolute atomic E-state index is 11.4. The molecule has 0 bridgehead atoms. The zero-order valence-electron chi connectivity index (χ0n) is 12.3. The highest BCUT2D eigenvalue weighted by atomic mass is 16.6. The van der Waals surface area contributed by atoms with Crippen molar-refractivity contribution in [2.24, 2.45) is 5.92 Å². The van der Waals surface area contributed by atoms with E-state index in [4.69, 9.17) is 9.47 Å². The summed E-state index contributed by atoms with van der Waals surface area (Å²) >= 11 is 0. The number of benzene rings is 1. The summed E-state index contributed by atoms with van der Waals surface area (Å²) in [5.74, 6) is -0.366. The molecule has 0 radical (unpaired) electrons. The van der Waals surface area contributed by atoms with Crippen molar-refractivity contribution in [3.8, 4) is 0 Å². The van der Waals surface area contributed by atoms with Crippen LogP contribution >= 0.6 is 0 Å². The van der Waals surface area contributed by atoms with E-state index in [-0.39, 0.29) is 24.6 Å². The zero-order chi connectivity index (χ0) is 15.1. The predicted molar refractivity (Wildman–Crippen MR) is 76.3 cm³/mol. The molecule has 5 nitrogen and oxygen atoms in total. The second kappa shape index (κ2) is 7.53. The number of hydrogen-bond acceptors (Lipinski definition) is 4. The van der Waals surface area contributed by atoms with Crippen LogP contribution in [0.4, 0.5) is 10.5 Å². The molecule has 0 aliphatic carbocycles. The van der Waals surface area contributed by atoms with Gasteiger partial charge in [0.25, 0.3) is 0 Å². The molecule has 0 aromatic heterocycles. The van der Waals surface area contributed by atoms with Crippen LogP contribution in [-0.4, -0.2) is 18.2 Å². The number of esters is 1. The SMILES string of the molecule is CC(C)OC(=O)Nc1ccc(COC(=O)C(C)C)cc1. The van der Waals surface area contributed by atoms with E-state index in [1.165, 1.54) is 0 Å². The fraction of sp³-hybridized carbons (Fsp3) is 0.467. The largest absolute Gasteiger partial charge is 0.461 e. The van der Waals surface area contributed by atoms with Crippen molar-refractivity contribution in [1.82, 2.24) is 0 Å². The second-order valence-corrected chi connectivity index (χ2v) is 5.04. The molecule has 0 heterocycles. The van der Waals surface area contributed by atoms with E-state index in [9.17, 15) is 9.59 Å². The molecule has 0 atom stereocenters. The highest BCUT2D eigenvalue weighted by molar-refractivity contribution is 5.84. The van der Waals surface area contributed by atoms with Gasteiger partial charge < -0.3 is 9.47 Å². The summed E-state index contributed by atoms with van der Waals surface area (Å²) in [7, 11) is 0. The van der Waals surface area contributed by atoms with E-state index in [0.29, 0.717) is 5.69 Å². The number of amides is 1. The van der Waals surface area contributed by atoms with Crippen LogP contribution in [0.1, 0.15) is 33.3 Å². The summed E-state index contributed by atoms with van der Waals surface area (Å²) in [6.07, 6.45) is -0.649. The maximum atomic E-state index is 11.4. The Balaban J connectivity index is 2.48. The minimum absolute atomic E-state index is 0.137. The molecular weight excluding hydrogens is 258 g/mol. The first kappa shape index (κ1) is 16.0. The number of ether oxygens (including phenoxy) is 2. The minimum Gasteiger partial charge on any atom is -0.461 e. The number of nitrogens with one attached hydrogen (secondary N) is 1. The Morgan fingerprint density at radius 3 is 2.20 bits per heavy atom. The summed E-state index contributed by atoms with van der Waals surface area (Å²) in [5.41, 5.74) is 1.50. The molecule has 5 heteroatoms. The Kier molecular flexibility index (Phi) is 6.03. The predicted octanol–water partition coefficient (Wildman–Crippen LogP) is 3.34. The van der Waals surface area contributed by atoms with Gasteiger partial charge in [-0.05, 0) is 31.5 Å². The first-order valence-corrected chi connectivity index (χ1v) is 6.61. The third kappa shape index (κ3) is 5.73. The van der Waals surface area contributed by atoms with Gasteiger partial charge in [0, 0.05) is 5.69 Å². The average molecular weight is 279 g/mol. The van der Waals surface area contributed by atoms with Crippen molar-refractivity contribution in [1.29, 1.82) is 0 Å². The van der Waals surface area contributed by atoms with Gasteiger partial charge in [-0.15, -0.1) is 0 Å². The van der Waals surface area contributed by atoms with Gasteiger partial charge in [0.05, 0.1) is 12.0 Å². The molecule has 1 amide bonds. The number of carbonyl (C=O) groups is 2. The summed E-state index contributed by atoms with van der Waals surface area (Å²) in [4.78, 5) is 22.7. The van der Waals surface area contributed by atoms with Gasteiger partial charge in [0.1, 0.15) is 6.61 Å². The van der Waals surface area contributed by atoms with Crippen LogP contribution in [0.3, 0.4) is 0 Å². The lowest BCUT2D eigenvalue weighted by atomic mass is 10.2. The molecule has 20 heavy (non-hydrogen) atoms. The maximum Gasteiger partial charge on any atom is 0.411 e. The summed E-state index contributed by atoms with van der Waals surface area (Å²) < 4.78 is 10.1. The molecule has 0 spiro atoms. The zero-order valence-corrected chi connectivity index (χ0v) is 12.3. The number of hydrogen-bond donors (Lipinski definition) is 1. The van der Waals surface area contributed by atoms with Gasteiger partial charge in [-0.25, -0.2) is 4.79 Å². The molecule has 1 N–H and O–H groups in total. The average Bonchev–Trinajstić information content (AvgIpc) is 2.36. The molecule has 1 rings (SSSR count). The highest BCUT2D eigenvalue weighted by Crippen LogP contribution is 2.12. The van der Waals surface area contributed by atoms with Crippen LogP contribution in [0.15, 0.2) is 24.3 Å². The van der Waals surface area contributed by atoms with Crippen LogP contribution in [0.2, 0.25) is 0 Å².